The quantitative estimate of drug-likeness (QED) is 0.505. The van der Waals surface area contributed by atoms with E-state index in [-0.39, 0.29) is 17.9 Å². The third kappa shape index (κ3) is 4.85. The molecule has 1 aliphatic carbocycles. The maximum Gasteiger partial charge on any atom is 0.282 e. The number of aromatic nitrogens is 2. The fourth-order valence-corrected chi connectivity index (χ4v) is 4.23. The van der Waals surface area contributed by atoms with Crippen molar-refractivity contribution in [3.8, 4) is 22.6 Å². The Morgan fingerprint density at radius 1 is 1.27 bits per heavy atom. The number of carbonyl (C=O) groups excluding carboxylic acids is 1. The molecule has 4 rings (SSSR count). The van der Waals surface area contributed by atoms with Crippen LogP contribution in [0.4, 0.5) is 4.39 Å². The second-order valence-electron chi connectivity index (χ2n) is 8.88. The average molecular weight is 453 g/mol. The van der Waals surface area contributed by atoms with Crippen LogP contribution in [-0.2, 0) is 4.79 Å². The molecule has 1 fully saturated rings. The van der Waals surface area contributed by atoms with E-state index in [0.29, 0.717) is 31.7 Å². The summed E-state index contributed by atoms with van der Waals surface area (Å²) in [5.41, 5.74) is 3.74. The molecule has 174 valence electrons. The van der Waals surface area contributed by atoms with Gasteiger partial charge in [0.05, 0.1) is 17.1 Å². The molecule has 1 aliphatic rings. The van der Waals surface area contributed by atoms with E-state index in [2.05, 4.69) is 16.8 Å². The number of amides is 1. The van der Waals surface area contributed by atoms with Crippen molar-refractivity contribution in [3.63, 3.8) is 0 Å². The summed E-state index contributed by atoms with van der Waals surface area (Å²) in [4.78, 5) is 15.8. The number of nitrogens with zero attached hydrogens (tertiary/aromatic N) is 3. The number of aryl methyl sites for hydroxylation is 1. The summed E-state index contributed by atoms with van der Waals surface area (Å²) in [5.74, 6) is -0.661. The van der Waals surface area contributed by atoms with Crippen LogP contribution >= 0.6 is 0 Å². The molecule has 2 aromatic carbocycles. The molecule has 0 unspecified atom stereocenters. The Morgan fingerprint density at radius 2 is 2.03 bits per heavy atom. The van der Waals surface area contributed by atoms with Gasteiger partial charge in [0.25, 0.3) is 5.91 Å². The SMILES string of the molecule is C=C(F)C(=O)N(CCN(C)C)[C@H]1C[C@H](Oc2cc(-c3ccc(O)cc3C)cc3[nH]ncc23)C1. The molecule has 0 saturated heterocycles. The molecule has 1 amide bonds. The van der Waals surface area contributed by atoms with Crippen molar-refractivity contribution >= 4 is 16.8 Å². The molecule has 0 aliphatic heterocycles. The van der Waals surface area contributed by atoms with Crippen molar-refractivity contribution in [2.24, 2.45) is 0 Å². The number of ether oxygens (including phenoxy) is 1. The van der Waals surface area contributed by atoms with E-state index in [4.69, 9.17) is 4.74 Å². The lowest BCUT2D eigenvalue weighted by Gasteiger charge is -2.42. The highest BCUT2D eigenvalue weighted by molar-refractivity contribution is 5.91. The topological polar surface area (TPSA) is 81.7 Å². The lowest BCUT2D eigenvalue weighted by atomic mass is 9.87. The number of rotatable bonds is 8. The number of hydrogen-bond acceptors (Lipinski definition) is 5. The van der Waals surface area contributed by atoms with Crippen molar-refractivity contribution in [1.29, 1.82) is 0 Å². The van der Waals surface area contributed by atoms with Gasteiger partial charge in [-0.3, -0.25) is 9.89 Å². The fraction of sp³-hybridized carbons (Fsp3) is 0.360. The maximum absolute atomic E-state index is 13.6. The number of aromatic amines is 1. The Bertz CT molecular complexity index is 1180. The van der Waals surface area contributed by atoms with Gasteiger partial charge in [-0.25, -0.2) is 4.39 Å². The minimum absolute atomic E-state index is 0.0858. The minimum atomic E-state index is -0.935. The minimum Gasteiger partial charge on any atom is -0.508 e. The number of nitrogens with one attached hydrogen (secondary N) is 1. The van der Waals surface area contributed by atoms with E-state index in [9.17, 15) is 14.3 Å². The standard InChI is InChI=1S/C25H29FN4O3/c1-15-9-19(31)5-6-21(15)17-10-23-22(14-27-28-23)24(11-17)33-20-12-18(13-20)30(8-7-29(3)4)25(32)16(2)26/h5-6,9-11,14,18,20,31H,2,7-8,12-13H2,1,3-4H3,(H,27,28)/t18-,20-. The van der Waals surface area contributed by atoms with E-state index in [1.165, 1.54) is 0 Å². The second kappa shape index (κ2) is 9.23. The average Bonchev–Trinajstić information content (AvgIpc) is 3.20. The van der Waals surface area contributed by atoms with Crippen molar-refractivity contribution in [1.82, 2.24) is 20.0 Å². The molecule has 1 heterocycles. The first-order valence-electron chi connectivity index (χ1n) is 11.0. The molecule has 0 bridgehead atoms. The summed E-state index contributed by atoms with van der Waals surface area (Å²) >= 11 is 0. The monoisotopic (exact) mass is 452 g/mol. The normalized spacial score (nSPS) is 17.7. The number of halogens is 1. The van der Waals surface area contributed by atoms with E-state index in [0.717, 1.165) is 27.6 Å². The number of phenolic OH excluding ortho intramolecular Hbond substituents is 1. The zero-order chi connectivity index (χ0) is 23.7. The summed E-state index contributed by atoms with van der Waals surface area (Å²) in [6, 6.07) is 9.16. The number of carbonyl (C=O) groups is 1. The van der Waals surface area contributed by atoms with Gasteiger partial charge in [-0.2, -0.15) is 5.10 Å². The molecule has 0 atom stereocenters. The molecule has 0 spiro atoms. The van der Waals surface area contributed by atoms with Gasteiger partial charge < -0.3 is 19.6 Å². The van der Waals surface area contributed by atoms with Crippen LogP contribution in [0.5, 0.6) is 11.5 Å². The van der Waals surface area contributed by atoms with Crippen molar-refractivity contribution in [2.45, 2.75) is 31.9 Å². The molecule has 0 radical (unpaired) electrons. The number of likely N-dealkylation sites (N-methyl/N-ethyl adjacent to an activating group) is 1. The fourth-order valence-electron chi connectivity index (χ4n) is 4.23. The molecule has 2 N–H and O–H groups in total. The molecule has 7 nitrogen and oxygen atoms in total. The number of benzene rings is 2. The Hall–Kier alpha value is -3.39. The van der Waals surface area contributed by atoms with Gasteiger partial charge in [0.1, 0.15) is 17.6 Å². The van der Waals surface area contributed by atoms with Crippen LogP contribution in [0.25, 0.3) is 22.0 Å². The zero-order valence-corrected chi connectivity index (χ0v) is 19.1. The van der Waals surface area contributed by atoms with Gasteiger partial charge in [0.2, 0.25) is 0 Å². The highest BCUT2D eigenvalue weighted by Crippen LogP contribution is 2.37. The van der Waals surface area contributed by atoms with Crippen LogP contribution in [0, 0.1) is 6.92 Å². The Balaban J connectivity index is 1.52. The molecule has 33 heavy (non-hydrogen) atoms. The Kier molecular flexibility index (Phi) is 6.37. The Morgan fingerprint density at radius 3 is 2.70 bits per heavy atom. The summed E-state index contributed by atoms with van der Waals surface area (Å²) in [7, 11) is 3.83. The van der Waals surface area contributed by atoms with Crippen LogP contribution in [-0.4, -0.2) is 70.3 Å². The van der Waals surface area contributed by atoms with Gasteiger partial charge in [-0.15, -0.1) is 0 Å². The van der Waals surface area contributed by atoms with E-state index in [1.54, 1.807) is 23.2 Å². The van der Waals surface area contributed by atoms with Gasteiger partial charge >= 0.3 is 0 Å². The number of hydrogen-bond donors (Lipinski definition) is 2. The molecule has 3 aromatic rings. The van der Waals surface area contributed by atoms with Crippen LogP contribution in [0.1, 0.15) is 18.4 Å². The van der Waals surface area contributed by atoms with Crippen molar-refractivity contribution in [3.05, 3.63) is 54.5 Å². The number of phenols is 1. The first-order valence-corrected chi connectivity index (χ1v) is 11.0. The van der Waals surface area contributed by atoms with Gasteiger partial charge in [0.15, 0.2) is 5.83 Å². The zero-order valence-electron chi connectivity index (χ0n) is 19.1. The summed E-state index contributed by atoms with van der Waals surface area (Å²) in [5, 5.41) is 17.8. The maximum atomic E-state index is 13.6. The van der Waals surface area contributed by atoms with E-state index in [1.807, 2.05) is 44.1 Å². The predicted molar refractivity (Wildman–Crippen MR) is 126 cm³/mol. The molecule has 8 heteroatoms. The third-order valence-corrected chi connectivity index (χ3v) is 6.13. The molecular weight excluding hydrogens is 423 g/mol. The van der Waals surface area contributed by atoms with Crippen LogP contribution in [0.3, 0.4) is 0 Å². The smallest absolute Gasteiger partial charge is 0.282 e. The summed E-state index contributed by atoms with van der Waals surface area (Å²) in [6.07, 6.45) is 2.88. The Labute approximate surface area is 192 Å². The van der Waals surface area contributed by atoms with Gasteiger partial charge in [-0.05, 0) is 62.0 Å². The van der Waals surface area contributed by atoms with Crippen LogP contribution < -0.4 is 4.74 Å². The highest BCUT2D eigenvalue weighted by atomic mass is 19.1. The summed E-state index contributed by atoms with van der Waals surface area (Å²) < 4.78 is 19.9. The third-order valence-electron chi connectivity index (χ3n) is 6.13. The highest BCUT2D eigenvalue weighted by Gasteiger charge is 2.38. The van der Waals surface area contributed by atoms with Crippen LogP contribution in [0.15, 0.2) is 48.9 Å². The van der Waals surface area contributed by atoms with Crippen molar-refractivity contribution in [2.75, 3.05) is 27.2 Å². The number of H-pyrrole nitrogens is 1. The predicted octanol–water partition coefficient (Wildman–Crippen LogP) is 4.03. The van der Waals surface area contributed by atoms with Crippen molar-refractivity contribution < 1.29 is 19.0 Å². The summed E-state index contributed by atoms with van der Waals surface area (Å²) in [6.45, 7) is 6.21. The van der Waals surface area contributed by atoms with Gasteiger partial charge in [-0.1, -0.05) is 12.6 Å². The van der Waals surface area contributed by atoms with E-state index < -0.39 is 11.7 Å². The lowest BCUT2D eigenvalue weighted by Crippen LogP contribution is -2.53. The number of fused-ring (bicyclic) bond motifs is 1. The van der Waals surface area contributed by atoms with Gasteiger partial charge in [0, 0.05) is 32.0 Å². The van der Waals surface area contributed by atoms with Crippen LogP contribution in [0.2, 0.25) is 0 Å². The largest absolute Gasteiger partial charge is 0.508 e. The number of aromatic hydroxyl groups is 1. The molecule has 1 saturated carbocycles. The van der Waals surface area contributed by atoms with E-state index >= 15 is 0 Å². The molecular formula is C25H29FN4O3. The molecule has 1 aromatic heterocycles. The lowest BCUT2D eigenvalue weighted by molar-refractivity contribution is -0.135. The first kappa shape index (κ1) is 22.8. The second-order valence-corrected chi connectivity index (χ2v) is 8.88. The first-order chi connectivity index (χ1) is 15.7.